The van der Waals surface area contributed by atoms with Crippen molar-refractivity contribution in [2.45, 2.75) is 69.9 Å². The van der Waals surface area contributed by atoms with Gasteiger partial charge in [-0.15, -0.1) is 0 Å². The molecule has 0 bridgehead atoms. The number of nitrogens with one attached hydrogen (secondary N) is 3. The molecule has 1 saturated heterocycles. The van der Waals surface area contributed by atoms with Gasteiger partial charge >= 0.3 is 18.3 Å². The van der Waals surface area contributed by atoms with Crippen molar-refractivity contribution in [1.82, 2.24) is 16.0 Å². The first-order valence-corrected chi connectivity index (χ1v) is 10.1. The van der Waals surface area contributed by atoms with Gasteiger partial charge in [0, 0.05) is 6.04 Å². The number of hydrogen-bond donors (Lipinski definition) is 3. The summed E-state index contributed by atoms with van der Waals surface area (Å²) in [4.78, 5) is 36.2. The molecule has 3 N–H and O–H groups in total. The van der Waals surface area contributed by atoms with Crippen LogP contribution < -0.4 is 16.0 Å². The summed E-state index contributed by atoms with van der Waals surface area (Å²) in [6, 6.07) is 8.64. The van der Waals surface area contributed by atoms with Crippen molar-refractivity contribution in [3.8, 4) is 0 Å². The number of amides is 3. The Morgan fingerprint density at radius 3 is 2.57 bits per heavy atom. The molecule has 1 saturated carbocycles. The third-order valence-corrected chi connectivity index (χ3v) is 5.12. The second-order valence-electron chi connectivity index (χ2n) is 8.68. The molecular weight excluding hydrogens is 390 g/mol. The maximum absolute atomic E-state index is 12.3. The molecule has 1 aliphatic carbocycles. The Morgan fingerprint density at radius 2 is 1.93 bits per heavy atom. The Morgan fingerprint density at radius 1 is 1.20 bits per heavy atom. The number of carbonyl (C=O) groups is 3. The lowest BCUT2D eigenvalue weighted by Gasteiger charge is -2.42. The van der Waals surface area contributed by atoms with Crippen LogP contribution in [0.3, 0.4) is 0 Å². The van der Waals surface area contributed by atoms with Gasteiger partial charge in [0.25, 0.3) is 0 Å². The van der Waals surface area contributed by atoms with E-state index in [-0.39, 0.29) is 19.2 Å². The van der Waals surface area contributed by atoms with Crippen LogP contribution in [0.4, 0.5) is 14.4 Å². The first kappa shape index (κ1) is 21.7. The highest BCUT2D eigenvalue weighted by atomic mass is 16.6. The molecule has 0 unspecified atom stereocenters. The molecule has 1 heterocycles. The van der Waals surface area contributed by atoms with Crippen molar-refractivity contribution >= 4 is 18.3 Å². The molecule has 0 radical (unpaired) electrons. The van der Waals surface area contributed by atoms with Gasteiger partial charge in [0.1, 0.15) is 12.2 Å². The first-order chi connectivity index (χ1) is 14.2. The summed E-state index contributed by atoms with van der Waals surface area (Å²) in [6.07, 6.45) is -0.189. The molecule has 9 nitrogen and oxygen atoms in total. The van der Waals surface area contributed by atoms with Crippen LogP contribution >= 0.6 is 0 Å². The van der Waals surface area contributed by atoms with Gasteiger partial charge in [-0.1, -0.05) is 30.3 Å². The number of alkyl carbamates (subject to hydrolysis) is 3. The average Bonchev–Trinajstić information content (AvgIpc) is 3.04. The minimum atomic E-state index is -0.861. The lowest BCUT2D eigenvalue weighted by atomic mass is 9.78. The lowest BCUT2D eigenvalue weighted by molar-refractivity contribution is -0.0171. The third-order valence-electron chi connectivity index (χ3n) is 5.12. The number of hydrogen-bond acceptors (Lipinski definition) is 6. The maximum atomic E-state index is 12.3. The molecule has 30 heavy (non-hydrogen) atoms. The third kappa shape index (κ3) is 5.77. The number of carbonyl (C=O) groups excluding carboxylic acids is 3. The van der Waals surface area contributed by atoms with Crippen molar-refractivity contribution in [3.05, 3.63) is 35.9 Å². The lowest BCUT2D eigenvalue weighted by Crippen LogP contribution is -2.61. The predicted octanol–water partition coefficient (Wildman–Crippen LogP) is 2.84. The Bertz CT molecular complexity index is 779. The molecule has 3 amide bonds. The monoisotopic (exact) mass is 419 g/mol. The Kier molecular flexibility index (Phi) is 6.38. The largest absolute Gasteiger partial charge is 0.445 e. The Balaban J connectivity index is 1.59. The van der Waals surface area contributed by atoms with Gasteiger partial charge in [-0.2, -0.15) is 0 Å². The summed E-state index contributed by atoms with van der Waals surface area (Å²) in [5.74, 6) is 0. The van der Waals surface area contributed by atoms with Gasteiger partial charge in [0.2, 0.25) is 0 Å². The molecule has 1 aromatic rings. The first-order valence-electron chi connectivity index (χ1n) is 10.1. The molecule has 1 aliphatic heterocycles. The summed E-state index contributed by atoms with van der Waals surface area (Å²) in [5, 5.41) is 8.32. The van der Waals surface area contributed by atoms with Crippen LogP contribution in [0.5, 0.6) is 0 Å². The van der Waals surface area contributed by atoms with Crippen LogP contribution in [0.25, 0.3) is 0 Å². The van der Waals surface area contributed by atoms with Crippen LogP contribution in [0.15, 0.2) is 30.3 Å². The number of ether oxygens (including phenoxy) is 3. The smallest absolute Gasteiger partial charge is 0.408 e. The zero-order chi connectivity index (χ0) is 21.8. The summed E-state index contributed by atoms with van der Waals surface area (Å²) in [5.41, 5.74) is -0.626. The number of benzene rings is 1. The molecule has 1 aromatic carbocycles. The second-order valence-corrected chi connectivity index (χ2v) is 8.68. The fourth-order valence-corrected chi connectivity index (χ4v) is 3.73. The van der Waals surface area contributed by atoms with E-state index < -0.39 is 35.5 Å². The van der Waals surface area contributed by atoms with Crippen LogP contribution in [0.1, 0.15) is 45.6 Å². The maximum Gasteiger partial charge on any atom is 0.408 e. The zero-order valence-corrected chi connectivity index (χ0v) is 17.5. The molecule has 164 valence electrons. The minimum absolute atomic E-state index is 0.171. The van der Waals surface area contributed by atoms with Crippen molar-refractivity contribution in [3.63, 3.8) is 0 Å². The molecule has 2 aliphatic rings. The van der Waals surface area contributed by atoms with E-state index >= 15 is 0 Å². The van der Waals surface area contributed by atoms with Gasteiger partial charge in [0.05, 0.1) is 12.6 Å². The van der Waals surface area contributed by atoms with Gasteiger partial charge in [-0.25, -0.2) is 14.4 Å². The molecular formula is C21H29N3O6. The normalized spacial score (nSPS) is 25.8. The topological polar surface area (TPSA) is 115 Å². The average molecular weight is 419 g/mol. The highest BCUT2D eigenvalue weighted by Gasteiger charge is 2.51. The molecule has 3 atom stereocenters. The van der Waals surface area contributed by atoms with E-state index in [0.29, 0.717) is 19.3 Å². The van der Waals surface area contributed by atoms with Crippen molar-refractivity contribution in [1.29, 1.82) is 0 Å². The fraction of sp³-hybridized carbons (Fsp3) is 0.571. The summed E-state index contributed by atoms with van der Waals surface area (Å²) in [6.45, 7) is 5.77. The van der Waals surface area contributed by atoms with Crippen molar-refractivity contribution in [2.24, 2.45) is 0 Å². The molecule has 9 heteroatoms. The zero-order valence-electron chi connectivity index (χ0n) is 17.5. The van der Waals surface area contributed by atoms with Crippen LogP contribution in [-0.4, -0.2) is 48.1 Å². The Hall–Kier alpha value is -2.97. The van der Waals surface area contributed by atoms with E-state index in [1.54, 1.807) is 20.8 Å². The van der Waals surface area contributed by atoms with Crippen molar-refractivity contribution < 1.29 is 28.6 Å². The summed E-state index contributed by atoms with van der Waals surface area (Å²) < 4.78 is 16.2. The highest BCUT2D eigenvalue weighted by Crippen LogP contribution is 2.35. The Labute approximate surface area is 175 Å². The summed E-state index contributed by atoms with van der Waals surface area (Å²) >= 11 is 0. The predicted molar refractivity (Wildman–Crippen MR) is 108 cm³/mol. The molecule has 1 spiro atoms. The molecule has 0 aromatic heterocycles. The quantitative estimate of drug-likeness (QED) is 0.647. The fourth-order valence-electron chi connectivity index (χ4n) is 3.73. The van der Waals surface area contributed by atoms with Crippen LogP contribution in [0, 0.1) is 0 Å². The van der Waals surface area contributed by atoms with E-state index in [0.717, 1.165) is 5.56 Å². The SMILES string of the molecule is CC(C)(C)OC(=O)N[C@@H]1C[C@@H](NC(=O)OCc2ccccc2)CC[C@@]12CNC(=O)O2. The second kappa shape index (κ2) is 8.81. The van der Waals surface area contributed by atoms with E-state index in [2.05, 4.69) is 16.0 Å². The van der Waals surface area contributed by atoms with Crippen molar-refractivity contribution in [2.75, 3.05) is 6.54 Å². The van der Waals surface area contributed by atoms with E-state index in [4.69, 9.17) is 14.2 Å². The highest BCUT2D eigenvalue weighted by molar-refractivity contribution is 5.72. The van der Waals surface area contributed by atoms with Gasteiger partial charge < -0.3 is 30.2 Å². The molecule has 2 fully saturated rings. The standard InChI is InChI=1S/C21H29N3O6/c1-20(2,3)29-19(27)24-16-11-15(9-10-21(16)13-22-17(25)30-21)23-18(26)28-12-14-7-5-4-6-8-14/h4-8,15-16H,9-13H2,1-3H3,(H,22,25)(H,23,26)(H,24,27)/t15-,16+,21+/m0/s1. The van der Waals surface area contributed by atoms with Gasteiger partial charge in [-0.05, 0) is 45.6 Å². The van der Waals surface area contributed by atoms with E-state index in [1.807, 2.05) is 30.3 Å². The van der Waals surface area contributed by atoms with Crippen LogP contribution in [-0.2, 0) is 20.8 Å². The van der Waals surface area contributed by atoms with Gasteiger partial charge in [0.15, 0.2) is 5.60 Å². The number of rotatable bonds is 4. The van der Waals surface area contributed by atoms with E-state index in [9.17, 15) is 14.4 Å². The van der Waals surface area contributed by atoms with E-state index in [1.165, 1.54) is 0 Å². The van der Waals surface area contributed by atoms with Gasteiger partial charge in [-0.3, -0.25) is 0 Å². The van der Waals surface area contributed by atoms with Crippen LogP contribution in [0.2, 0.25) is 0 Å². The molecule has 3 rings (SSSR count). The summed E-state index contributed by atoms with van der Waals surface area (Å²) in [7, 11) is 0. The minimum Gasteiger partial charge on any atom is -0.445 e.